The lowest BCUT2D eigenvalue weighted by atomic mass is 10.1. The Hall–Kier alpha value is -3.67. The van der Waals surface area contributed by atoms with Crippen LogP contribution in [0.4, 0.5) is 5.82 Å². The highest BCUT2D eigenvalue weighted by Crippen LogP contribution is 2.28. The van der Waals surface area contributed by atoms with Crippen molar-refractivity contribution in [2.75, 3.05) is 4.90 Å². The van der Waals surface area contributed by atoms with Crippen LogP contribution in [-0.4, -0.2) is 20.7 Å². The molecule has 4 aromatic rings. The van der Waals surface area contributed by atoms with Gasteiger partial charge in [0.2, 0.25) is 0 Å². The number of aromatic nitrogens is 3. The Labute approximate surface area is 169 Å². The average Bonchev–Trinajstić information content (AvgIpc) is 3.38. The zero-order valence-electron chi connectivity index (χ0n) is 16.6. The first-order valence-electron chi connectivity index (χ1n) is 9.46. The molecule has 1 amide bonds. The van der Waals surface area contributed by atoms with Gasteiger partial charge in [-0.05, 0) is 75.4 Å². The summed E-state index contributed by atoms with van der Waals surface area (Å²) in [6.45, 7) is 5.89. The molecule has 0 aliphatic carbocycles. The first-order valence-corrected chi connectivity index (χ1v) is 9.46. The molecule has 0 spiro atoms. The zero-order valence-corrected chi connectivity index (χ0v) is 16.6. The average molecular weight is 386 g/mol. The molecule has 0 aliphatic heterocycles. The third kappa shape index (κ3) is 3.69. The molecule has 6 heteroatoms. The lowest BCUT2D eigenvalue weighted by molar-refractivity contribution is 0.0974. The second-order valence-electron chi connectivity index (χ2n) is 6.94. The van der Waals surface area contributed by atoms with Gasteiger partial charge in [-0.25, -0.2) is 9.67 Å². The van der Waals surface area contributed by atoms with Crippen LogP contribution in [0, 0.1) is 13.8 Å². The SMILES string of the molecule is Cc1cc(C)n(-c2ccc(C(=O)N(c3ccccn3)C(C)c3ccco3)cc2)n1. The maximum absolute atomic E-state index is 13.4. The molecule has 1 atom stereocenters. The smallest absolute Gasteiger partial charge is 0.260 e. The van der Waals surface area contributed by atoms with Crippen molar-refractivity contribution in [2.24, 2.45) is 0 Å². The molecule has 0 fully saturated rings. The van der Waals surface area contributed by atoms with Crippen LogP contribution in [0.1, 0.15) is 40.5 Å². The summed E-state index contributed by atoms with van der Waals surface area (Å²) < 4.78 is 7.41. The third-order valence-electron chi connectivity index (χ3n) is 4.83. The minimum absolute atomic E-state index is 0.146. The van der Waals surface area contributed by atoms with Crippen LogP contribution in [0.25, 0.3) is 5.69 Å². The van der Waals surface area contributed by atoms with E-state index in [4.69, 9.17) is 4.42 Å². The summed E-state index contributed by atoms with van der Waals surface area (Å²) in [4.78, 5) is 19.5. The number of pyridine rings is 1. The summed E-state index contributed by atoms with van der Waals surface area (Å²) in [6.07, 6.45) is 3.28. The minimum atomic E-state index is -0.303. The van der Waals surface area contributed by atoms with Crippen LogP contribution in [0.2, 0.25) is 0 Å². The molecule has 29 heavy (non-hydrogen) atoms. The highest BCUT2D eigenvalue weighted by atomic mass is 16.3. The van der Waals surface area contributed by atoms with Gasteiger partial charge in [-0.2, -0.15) is 5.10 Å². The highest BCUT2D eigenvalue weighted by Gasteiger charge is 2.27. The predicted octanol–water partition coefficient (Wildman–Crippen LogP) is 4.89. The van der Waals surface area contributed by atoms with E-state index in [1.165, 1.54) is 0 Å². The molecular weight excluding hydrogens is 364 g/mol. The molecule has 0 radical (unpaired) electrons. The van der Waals surface area contributed by atoms with Crippen LogP contribution in [0.3, 0.4) is 0 Å². The Balaban J connectivity index is 1.68. The van der Waals surface area contributed by atoms with E-state index in [-0.39, 0.29) is 11.9 Å². The number of anilines is 1. The Morgan fingerprint density at radius 2 is 1.86 bits per heavy atom. The molecule has 3 aromatic heterocycles. The van der Waals surface area contributed by atoms with Crippen LogP contribution < -0.4 is 4.90 Å². The normalized spacial score (nSPS) is 12.0. The molecule has 0 saturated carbocycles. The lowest BCUT2D eigenvalue weighted by Crippen LogP contribution is -2.34. The minimum Gasteiger partial charge on any atom is -0.467 e. The van der Waals surface area contributed by atoms with Crippen molar-refractivity contribution >= 4 is 11.7 Å². The Morgan fingerprint density at radius 1 is 1.07 bits per heavy atom. The fraction of sp³-hybridized carbons (Fsp3) is 0.174. The first kappa shape index (κ1) is 18.7. The Bertz CT molecular complexity index is 1100. The molecule has 0 bridgehead atoms. The molecular formula is C23H22N4O2. The predicted molar refractivity (Wildman–Crippen MR) is 111 cm³/mol. The molecule has 4 rings (SSSR count). The molecule has 0 N–H and O–H groups in total. The molecule has 6 nitrogen and oxygen atoms in total. The fourth-order valence-electron chi connectivity index (χ4n) is 3.41. The fourth-order valence-corrected chi connectivity index (χ4v) is 3.41. The van der Waals surface area contributed by atoms with Gasteiger partial charge in [0.05, 0.1) is 23.7 Å². The third-order valence-corrected chi connectivity index (χ3v) is 4.83. The van der Waals surface area contributed by atoms with Gasteiger partial charge in [-0.15, -0.1) is 0 Å². The van der Waals surface area contributed by atoms with Gasteiger partial charge in [0.15, 0.2) is 0 Å². The molecule has 146 valence electrons. The van der Waals surface area contributed by atoms with Crippen molar-refractivity contribution in [2.45, 2.75) is 26.8 Å². The molecule has 0 saturated heterocycles. The van der Waals surface area contributed by atoms with Gasteiger partial charge < -0.3 is 4.42 Å². The summed E-state index contributed by atoms with van der Waals surface area (Å²) in [5, 5.41) is 4.50. The van der Waals surface area contributed by atoms with Gasteiger partial charge in [0, 0.05) is 17.5 Å². The van der Waals surface area contributed by atoms with Gasteiger partial charge in [-0.1, -0.05) is 6.07 Å². The number of hydrogen-bond acceptors (Lipinski definition) is 4. The molecule has 3 heterocycles. The topological polar surface area (TPSA) is 64.2 Å². The van der Waals surface area contributed by atoms with Gasteiger partial charge in [-0.3, -0.25) is 9.69 Å². The second kappa shape index (κ2) is 7.75. The largest absolute Gasteiger partial charge is 0.467 e. The van der Waals surface area contributed by atoms with E-state index in [1.807, 2.05) is 86.1 Å². The monoisotopic (exact) mass is 386 g/mol. The number of carbonyl (C=O) groups excluding carboxylic acids is 1. The van der Waals surface area contributed by atoms with Crippen LogP contribution >= 0.6 is 0 Å². The number of benzene rings is 1. The number of amides is 1. The second-order valence-corrected chi connectivity index (χ2v) is 6.94. The van der Waals surface area contributed by atoms with Gasteiger partial charge in [0.1, 0.15) is 11.6 Å². The number of aryl methyl sites for hydroxylation is 2. The van der Waals surface area contributed by atoms with Crippen molar-refractivity contribution in [1.29, 1.82) is 0 Å². The number of furan rings is 1. The maximum Gasteiger partial charge on any atom is 0.260 e. The first-order chi connectivity index (χ1) is 14.0. The Morgan fingerprint density at radius 3 is 2.45 bits per heavy atom. The maximum atomic E-state index is 13.4. The van der Waals surface area contributed by atoms with E-state index in [2.05, 4.69) is 10.1 Å². The summed E-state index contributed by atoms with van der Waals surface area (Å²) in [5.74, 6) is 1.12. The van der Waals surface area contributed by atoms with Crippen LogP contribution in [-0.2, 0) is 0 Å². The van der Waals surface area contributed by atoms with Crippen molar-refractivity contribution in [1.82, 2.24) is 14.8 Å². The standard InChI is InChI=1S/C23H22N4O2/c1-16-15-17(2)27(25-16)20-11-9-19(10-12-20)23(28)26(22-8-4-5-13-24-22)18(3)21-7-6-14-29-21/h4-15,18H,1-3H3. The van der Waals surface area contributed by atoms with Crippen molar-refractivity contribution in [3.63, 3.8) is 0 Å². The van der Waals surface area contributed by atoms with Crippen molar-refractivity contribution in [3.8, 4) is 5.69 Å². The van der Waals surface area contributed by atoms with E-state index < -0.39 is 0 Å². The summed E-state index contributed by atoms with van der Waals surface area (Å²) in [5.41, 5.74) is 3.48. The number of nitrogens with zero attached hydrogens (tertiary/aromatic N) is 4. The van der Waals surface area contributed by atoms with Crippen LogP contribution in [0.15, 0.2) is 77.5 Å². The quantitative estimate of drug-likeness (QED) is 0.490. The number of rotatable bonds is 5. The highest BCUT2D eigenvalue weighted by molar-refractivity contribution is 6.06. The van der Waals surface area contributed by atoms with E-state index in [0.717, 1.165) is 17.1 Å². The van der Waals surface area contributed by atoms with Gasteiger partial charge in [0.25, 0.3) is 5.91 Å². The molecule has 1 unspecified atom stereocenters. The summed E-state index contributed by atoms with van der Waals surface area (Å²) >= 11 is 0. The van der Waals surface area contributed by atoms with Crippen LogP contribution in [0.5, 0.6) is 0 Å². The zero-order chi connectivity index (χ0) is 20.4. The summed E-state index contributed by atoms with van der Waals surface area (Å²) in [6, 6.07) is 18.4. The molecule has 0 aliphatic rings. The van der Waals surface area contributed by atoms with E-state index in [0.29, 0.717) is 17.1 Å². The van der Waals surface area contributed by atoms with E-state index in [1.54, 1.807) is 17.4 Å². The van der Waals surface area contributed by atoms with Crippen molar-refractivity contribution < 1.29 is 9.21 Å². The summed E-state index contributed by atoms with van der Waals surface area (Å²) in [7, 11) is 0. The number of carbonyl (C=O) groups is 1. The Kier molecular flexibility index (Phi) is 4.99. The van der Waals surface area contributed by atoms with Gasteiger partial charge >= 0.3 is 0 Å². The van der Waals surface area contributed by atoms with E-state index in [9.17, 15) is 4.79 Å². The van der Waals surface area contributed by atoms with E-state index >= 15 is 0 Å². The number of hydrogen-bond donors (Lipinski definition) is 0. The lowest BCUT2D eigenvalue weighted by Gasteiger charge is -2.27. The van der Waals surface area contributed by atoms with Crippen molar-refractivity contribution in [3.05, 3.63) is 95.8 Å². The molecule has 1 aromatic carbocycles.